The van der Waals surface area contributed by atoms with Gasteiger partial charge in [-0.3, -0.25) is 9.36 Å². The van der Waals surface area contributed by atoms with E-state index in [1.165, 1.54) is 16.8 Å². The van der Waals surface area contributed by atoms with Crippen LogP contribution in [-0.2, 0) is 11.0 Å². The number of halogens is 3. The van der Waals surface area contributed by atoms with Crippen molar-refractivity contribution in [2.45, 2.75) is 11.3 Å². The summed E-state index contributed by atoms with van der Waals surface area (Å²) in [6, 6.07) is 14.0. The second kappa shape index (κ2) is 7.65. The van der Waals surface area contributed by atoms with Gasteiger partial charge < -0.3 is 5.32 Å². The molecule has 0 bridgehead atoms. The van der Waals surface area contributed by atoms with Crippen molar-refractivity contribution in [1.82, 2.24) is 9.55 Å². The minimum atomic E-state index is -4.42. The van der Waals surface area contributed by atoms with Crippen molar-refractivity contribution in [3.8, 4) is 5.69 Å². The number of thioether (sulfide) groups is 1. The van der Waals surface area contributed by atoms with Crippen LogP contribution >= 0.6 is 11.8 Å². The number of aromatic nitrogens is 2. The first-order valence-electron chi connectivity index (χ1n) is 7.62. The van der Waals surface area contributed by atoms with Crippen LogP contribution in [0.5, 0.6) is 0 Å². The number of benzene rings is 2. The molecule has 0 aliphatic rings. The molecule has 1 N–H and O–H groups in total. The number of rotatable bonds is 5. The third-order valence-electron chi connectivity index (χ3n) is 3.45. The van der Waals surface area contributed by atoms with Crippen molar-refractivity contribution in [3.05, 3.63) is 72.6 Å². The Morgan fingerprint density at radius 2 is 1.88 bits per heavy atom. The highest BCUT2D eigenvalue weighted by Gasteiger charge is 2.30. The highest BCUT2D eigenvalue weighted by atomic mass is 32.2. The maximum absolute atomic E-state index is 12.9. The van der Waals surface area contributed by atoms with Gasteiger partial charge in [0.1, 0.15) is 0 Å². The lowest BCUT2D eigenvalue weighted by molar-refractivity contribution is -0.137. The summed E-state index contributed by atoms with van der Waals surface area (Å²) < 4.78 is 40.2. The molecule has 1 amide bonds. The summed E-state index contributed by atoms with van der Waals surface area (Å²) in [4.78, 5) is 16.2. The molecule has 3 rings (SSSR count). The minimum absolute atomic E-state index is 0.0882. The minimum Gasteiger partial charge on any atom is -0.325 e. The molecule has 0 saturated heterocycles. The molecule has 0 aliphatic heterocycles. The van der Waals surface area contributed by atoms with Crippen LogP contribution < -0.4 is 5.32 Å². The number of carbonyl (C=O) groups excluding carboxylic acids is 1. The molecule has 1 heterocycles. The molecule has 26 heavy (non-hydrogen) atoms. The van der Waals surface area contributed by atoms with E-state index in [0.717, 1.165) is 23.9 Å². The van der Waals surface area contributed by atoms with Gasteiger partial charge in [0.25, 0.3) is 0 Å². The highest BCUT2D eigenvalue weighted by molar-refractivity contribution is 7.99. The molecule has 8 heteroatoms. The number of carbonyl (C=O) groups is 1. The van der Waals surface area contributed by atoms with E-state index in [9.17, 15) is 18.0 Å². The zero-order valence-electron chi connectivity index (χ0n) is 13.4. The zero-order chi connectivity index (χ0) is 18.6. The van der Waals surface area contributed by atoms with E-state index in [4.69, 9.17) is 0 Å². The van der Waals surface area contributed by atoms with Gasteiger partial charge in [0, 0.05) is 23.8 Å². The van der Waals surface area contributed by atoms with Gasteiger partial charge in [-0.25, -0.2) is 4.98 Å². The number of para-hydroxylation sites is 1. The molecule has 134 valence electrons. The van der Waals surface area contributed by atoms with Gasteiger partial charge in [-0.2, -0.15) is 13.2 Å². The number of anilines is 1. The summed E-state index contributed by atoms with van der Waals surface area (Å²) in [6.07, 6.45) is -1.37. The number of hydrogen-bond acceptors (Lipinski definition) is 3. The second-order valence-electron chi connectivity index (χ2n) is 5.33. The van der Waals surface area contributed by atoms with Crippen molar-refractivity contribution in [2.24, 2.45) is 0 Å². The van der Waals surface area contributed by atoms with Crippen molar-refractivity contribution in [1.29, 1.82) is 0 Å². The quantitative estimate of drug-likeness (QED) is 0.660. The molecule has 2 aromatic carbocycles. The maximum Gasteiger partial charge on any atom is 0.416 e. The third-order valence-corrected chi connectivity index (χ3v) is 4.42. The van der Waals surface area contributed by atoms with E-state index in [2.05, 4.69) is 10.3 Å². The SMILES string of the molecule is O=C(CSc1nccn1-c1cccc(C(F)(F)F)c1)Nc1ccccc1. The van der Waals surface area contributed by atoms with Crippen LogP contribution in [0.2, 0.25) is 0 Å². The summed E-state index contributed by atoms with van der Waals surface area (Å²) in [7, 11) is 0. The Morgan fingerprint density at radius 1 is 1.12 bits per heavy atom. The monoisotopic (exact) mass is 377 g/mol. The number of hydrogen-bond donors (Lipinski definition) is 1. The first-order chi connectivity index (χ1) is 12.4. The third kappa shape index (κ3) is 4.45. The lowest BCUT2D eigenvalue weighted by atomic mass is 10.2. The van der Waals surface area contributed by atoms with Crippen molar-refractivity contribution in [2.75, 3.05) is 11.1 Å². The smallest absolute Gasteiger partial charge is 0.325 e. The number of amides is 1. The van der Waals surface area contributed by atoms with Gasteiger partial charge in [-0.1, -0.05) is 36.0 Å². The molecule has 0 unspecified atom stereocenters. The number of nitrogens with zero attached hydrogens (tertiary/aromatic N) is 2. The van der Waals surface area contributed by atoms with Gasteiger partial charge in [0.05, 0.1) is 11.3 Å². The Balaban J connectivity index is 1.70. The Morgan fingerprint density at radius 3 is 2.62 bits per heavy atom. The fraction of sp³-hybridized carbons (Fsp3) is 0.111. The van der Waals surface area contributed by atoms with Crippen molar-refractivity contribution >= 4 is 23.4 Å². The van der Waals surface area contributed by atoms with E-state index >= 15 is 0 Å². The highest BCUT2D eigenvalue weighted by Crippen LogP contribution is 2.31. The fourth-order valence-electron chi connectivity index (χ4n) is 2.27. The summed E-state index contributed by atoms with van der Waals surface area (Å²) in [5, 5.41) is 3.18. The molecule has 0 atom stereocenters. The Kier molecular flexibility index (Phi) is 5.32. The van der Waals surface area contributed by atoms with E-state index in [0.29, 0.717) is 16.5 Å². The van der Waals surface area contributed by atoms with Gasteiger partial charge in [0.15, 0.2) is 5.16 Å². The van der Waals surface area contributed by atoms with Crippen molar-refractivity contribution < 1.29 is 18.0 Å². The standard InChI is InChI=1S/C18H14F3N3OS/c19-18(20,21)13-5-4-8-15(11-13)24-10-9-22-17(24)26-12-16(25)23-14-6-2-1-3-7-14/h1-11H,12H2,(H,23,25). The Labute approximate surface area is 152 Å². The van der Waals surface area contributed by atoms with E-state index in [1.54, 1.807) is 24.4 Å². The molecule has 0 aliphatic carbocycles. The zero-order valence-corrected chi connectivity index (χ0v) is 14.2. The fourth-order valence-corrected chi connectivity index (χ4v) is 3.05. The largest absolute Gasteiger partial charge is 0.416 e. The summed E-state index contributed by atoms with van der Waals surface area (Å²) in [6.45, 7) is 0. The average molecular weight is 377 g/mol. The Bertz CT molecular complexity index is 894. The molecule has 0 radical (unpaired) electrons. The summed E-state index contributed by atoms with van der Waals surface area (Å²) >= 11 is 1.15. The van der Waals surface area contributed by atoms with Gasteiger partial charge >= 0.3 is 6.18 Å². The first-order valence-corrected chi connectivity index (χ1v) is 8.61. The summed E-state index contributed by atoms with van der Waals surface area (Å²) in [5.74, 6) is -0.134. The van der Waals surface area contributed by atoms with Gasteiger partial charge in [-0.05, 0) is 30.3 Å². The predicted octanol–water partition coefficient (Wildman–Crippen LogP) is 4.62. The normalized spacial score (nSPS) is 11.3. The topological polar surface area (TPSA) is 46.9 Å². The number of alkyl halides is 3. The Hall–Kier alpha value is -2.74. The van der Waals surface area contributed by atoms with Crippen LogP contribution in [0.15, 0.2) is 72.1 Å². The van der Waals surface area contributed by atoms with Crippen LogP contribution in [-0.4, -0.2) is 21.2 Å². The molecule has 4 nitrogen and oxygen atoms in total. The second-order valence-corrected chi connectivity index (χ2v) is 6.27. The van der Waals surface area contributed by atoms with Gasteiger partial charge in [0.2, 0.25) is 5.91 Å². The number of nitrogens with one attached hydrogen (secondary N) is 1. The molecule has 3 aromatic rings. The summed E-state index contributed by atoms with van der Waals surface area (Å²) in [5.41, 5.74) is 0.282. The first kappa shape index (κ1) is 18.1. The van der Waals surface area contributed by atoms with Crippen LogP contribution in [0.3, 0.4) is 0 Å². The van der Waals surface area contributed by atoms with Crippen molar-refractivity contribution in [3.63, 3.8) is 0 Å². The number of imidazole rings is 1. The molecule has 1 aromatic heterocycles. The van der Waals surface area contributed by atoms with Crippen LogP contribution in [0.25, 0.3) is 5.69 Å². The molecule has 0 fully saturated rings. The predicted molar refractivity (Wildman–Crippen MR) is 94.4 cm³/mol. The molecular formula is C18H14F3N3OS. The van der Waals surface area contributed by atoms with Crippen LogP contribution in [0.4, 0.5) is 18.9 Å². The van der Waals surface area contributed by atoms with E-state index < -0.39 is 11.7 Å². The maximum atomic E-state index is 12.9. The lowest BCUT2D eigenvalue weighted by Gasteiger charge is -2.11. The molecule has 0 saturated carbocycles. The van der Waals surface area contributed by atoms with E-state index in [-0.39, 0.29) is 11.7 Å². The molecule has 0 spiro atoms. The lowest BCUT2D eigenvalue weighted by Crippen LogP contribution is -2.14. The van der Waals surface area contributed by atoms with E-state index in [1.807, 2.05) is 18.2 Å². The van der Waals surface area contributed by atoms with Crippen LogP contribution in [0, 0.1) is 0 Å². The van der Waals surface area contributed by atoms with Gasteiger partial charge in [-0.15, -0.1) is 0 Å². The average Bonchev–Trinajstić information content (AvgIpc) is 3.09. The van der Waals surface area contributed by atoms with Crippen LogP contribution in [0.1, 0.15) is 5.56 Å². The molecular weight excluding hydrogens is 363 g/mol.